The van der Waals surface area contributed by atoms with Crippen LogP contribution in [0.25, 0.3) is 0 Å². The third-order valence-electron chi connectivity index (χ3n) is 3.56. The van der Waals surface area contributed by atoms with E-state index in [-0.39, 0.29) is 11.5 Å². The Morgan fingerprint density at radius 2 is 1.89 bits per heavy atom. The third kappa shape index (κ3) is 4.10. The van der Waals surface area contributed by atoms with E-state index < -0.39 is 0 Å². The zero-order valence-corrected chi connectivity index (χ0v) is 13.3. The molecule has 0 bridgehead atoms. The summed E-state index contributed by atoms with van der Waals surface area (Å²) < 4.78 is 0. The first-order valence-corrected chi connectivity index (χ1v) is 8.00. The van der Waals surface area contributed by atoms with Crippen LogP contribution >= 0.6 is 11.3 Å². The van der Waals surface area contributed by atoms with Crippen LogP contribution in [0.3, 0.4) is 0 Å². The van der Waals surface area contributed by atoms with E-state index in [9.17, 15) is 5.11 Å². The molecule has 0 aromatic carbocycles. The second-order valence-electron chi connectivity index (χ2n) is 6.21. The van der Waals surface area contributed by atoms with E-state index in [1.165, 1.54) is 17.7 Å². The lowest BCUT2D eigenvalue weighted by atomic mass is 9.92. The average molecular weight is 268 g/mol. The number of hydrogen-bond acceptors (Lipinski definition) is 2. The highest BCUT2D eigenvalue weighted by Gasteiger charge is 2.23. The fraction of sp³-hybridized carbons (Fsp3) is 0.750. The number of hydrogen-bond donors (Lipinski definition) is 1. The molecule has 0 fully saturated rings. The van der Waals surface area contributed by atoms with Gasteiger partial charge in [-0.3, -0.25) is 0 Å². The number of aliphatic hydroxyl groups is 1. The quantitative estimate of drug-likeness (QED) is 0.742. The molecule has 1 aromatic heterocycles. The first kappa shape index (κ1) is 15.7. The number of rotatable bonds is 6. The molecule has 1 nitrogen and oxygen atoms in total. The Hall–Kier alpha value is -0.340. The minimum Gasteiger partial charge on any atom is -0.387 e. The largest absolute Gasteiger partial charge is 0.387 e. The highest BCUT2D eigenvalue weighted by atomic mass is 32.1. The number of thiophene rings is 1. The van der Waals surface area contributed by atoms with Gasteiger partial charge in [0, 0.05) is 9.75 Å². The van der Waals surface area contributed by atoms with Crippen LogP contribution in [0.4, 0.5) is 0 Å². The van der Waals surface area contributed by atoms with Gasteiger partial charge in [0.25, 0.3) is 0 Å². The fourth-order valence-corrected chi connectivity index (χ4v) is 3.34. The third-order valence-corrected chi connectivity index (χ3v) is 5.14. The Labute approximate surface area is 116 Å². The summed E-state index contributed by atoms with van der Waals surface area (Å²) in [6, 6.07) is 4.29. The molecule has 0 radical (unpaired) electrons. The average Bonchev–Trinajstić information content (AvgIpc) is 2.78. The summed E-state index contributed by atoms with van der Waals surface area (Å²) in [6.07, 6.45) is 4.34. The maximum absolute atomic E-state index is 10.5. The van der Waals surface area contributed by atoms with Crippen LogP contribution in [-0.2, 0) is 5.41 Å². The molecular weight excluding hydrogens is 240 g/mol. The smallest absolute Gasteiger partial charge is 0.0910 e. The topological polar surface area (TPSA) is 20.2 Å². The molecule has 2 heteroatoms. The first-order chi connectivity index (χ1) is 8.40. The lowest BCUT2D eigenvalue weighted by molar-refractivity contribution is 0.102. The van der Waals surface area contributed by atoms with Crippen molar-refractivity contribution in [3.05, 3.63) is 21.9 Å². The predicted molar refractivity (Wildman–Crippen MR) is 81.3 cm³/mol. The van der Waals surface area contributed by atoms with Gasteiger partial charge in [-0.1, -0.05) is 53.9 Å². The summed E-state index contributed by atoms with van der Waals surface area (Å²) in [7, 11) is 0. The second-order valence-corrected chi connectivity index (χ2v) is 7.32. The molecular formula is C16H28OS. The van der Waals surface area contributed by atoms with Crippen LogP contribution in [0.1, 0.15) is 76.2 Å². The van der Waals surface area contributed by atoms with Crippen molar-refractivity contribution in [1.29, 1.82) is 0 Å². The molecule has 0 saturated carbocycles. The maximum atomic E-state index is 10.5. The first-order valence-electron chi connectivity index (χ1n) is 7.18. The Morgan fingerprint density at radius 3 is 2.33 bits per heavy atom. The van der Waals surface area contributed by atoms with Gasteiger partial charge in [-0.05, 0) is 29.9 Å². The summed E-state index contributed by atoms with van der Waals surface area (Å²) in [4.78, 5) is 2.50. The van der Waals surface area contributed by atoms with Crippen LogP contribution in [0.5, 0.6) is 0 Å². The van der Waals surface area contributed by atoms with E-state index in [1.807, 2.05) is 0 Å². The zero-order chi connectivity index (χ0) is 13.8. The van der Waals surface area contributed by atoms with Gasteiger partial charge in [0.15, 0.2) is 0 Å². The van der Waals surface area contributed by atoms with E-state index in [0.29, 0.717) is 5.92 Å². The van der Waals surface area contributed by atoms with Crippen molar-refractivity contribution < 1.29 is 5.11 Å². The van der Waals surface area contributed by atoms with E-state index in [2.05, 4.69) is 46.8 Å². The van der Waals surface area contributed by atoms with Crippen LogP contribution in [0.2, 0.25) is 0 Å². The molecule has 104 valence electrons. The van der Waals surface area contributed by atoms with Crippen LogP contribution in [0, 0.1) is 5.92 Å². The molecule has 2 unspecified atom stereocenters. The fourth-order valence-electron chi connectivity index (χ4n) is 2.20. The van der Waals surface area contributed by atoms with Gasteiger partial charge in [-0.25, -0.2) is 0 Å². The summed E-state index contributed by atoms with van der Waals surface area (Å²) in [5.74, 6) is 0.413. The standard InChI is InChI=1S/C16H28OS/c1-6-8-9-12(7-2)15(17)13-10-11-14(18-13)16(3,4)5/h10-12,15,17H,6-9H2,1-5H3. The summed E-state index contributed by atoms with van der Waals surface area (Å²) in [5, 5.41) is 10.5. The molecule has 1 N–H and O–H groups in total. The van der Waals surface area contributed by atoms with Gasteiger partial charge in [-0.2, -0.15) is 0 Å². The highest BCUT2D eigenvalue weighted by molar-refractivity contribution is 7.12. The highest BCUT2D eigenvalue weighted by Crippen LogP contribution is 2.36. The maximum Gasteiger partial charge on any atom is 0.0910 e. The number of unbranched alkanes of at least 4 members (excludes halogenated alkanes) is 1. The van der Waals surface area contributed by atoms with Gasteiger partial charge < -0.3 is 5.11 Å². The molecule has 0 aliphatic rings. The van der Waals surface area contributed by atoms with Gasteiger partial charge in [0.1, 0.15) is 0 Å². The molecule has 0 saturated heterocycles. The van der Waals surface area contributed by atoms with Crippen LogP contribution < -0.4 is 0 Å². The van der Waals surface area contributed by atoms with Gasteiger partial charge in [0.05, 0.1) is 6.10 Å². The molecule has 18 heavy (non-hydrogen) atoms. The Kier molecular flexibility index (Phi) is 5.87. The normalized spacial score (nSPS) is 15.7. The minimum atomic E-state index is -0.275. The molecule has 1 rings (SSSR count). The Balaban J connectivity index is 2.76. The van der Waals surface area contributed by atoms with Crippen molar-refractivity contribution >= 4 is 11.3 Å². The molecule has 0 aliphatic heterocycles. The molecule has 0 aliphatic carbocycles. The molecule has 1 aromatic rings. The van der Waals surface area contributed by atoms with Crippen molar-refractivity contribution in [3.8, 4) is 0 Å². The number of aliphatic hydroxyl groups excluding tert-OH is 1. The lowest BCUT2D eigenvalue weighted by Crippen LogP contribution is -2.11. The lowest BCUT2D eigenvalue weighted by Gasteiger charge is -2.21. The van der Waals surface area contributed by atoms with Gasteiger partial charge >= 0.3 is 0 Å². The van der Waals surface area contributed by atoms with E-state index in [4.69, 9.17) is 0 Å². The van der Waals surface area contributed by atoms with Crippen molar-refractivity contribution in [2.75, 3.05) is 0 Å². The second kappa shape index (κ2) is 6.72. The van der Waals surface area contributed by atoms with Gasteiger partial charge in [0.2, 0.25) is 0 Å². The summed E-state index contributed by atoms with van der Waals surface area (Å²) >= 11 is 1.78. The predicted octanol–water partition coefficient (Wildman–Crippen LogP) is 5.30. The van der Waals surface area contributed by atoms with Crippen molar-refractivity contribution in [1.82, 2.24) is 0 Å². The van der Waals surface area contributed by atoms with E-state index >= 15 is 0 Å². The monoisotopic (exact) mass is 268 g/mol. The molecule has 0 spiro atoms. The SMILES string of the molecule is CCCCC(CC)C(O)c1ccc(C(C)(C)C)s1. The van der Waals surface area contributed by atoms with E-state index in [1.54, 1.807) is 11.3 Å². The van der Waals surface area contributed by atoms with Crippen LogP contribution in [-0.4, -0.2) is 5.11 Å². The molecule has 2 atom stereocenters. The van der Waals surface area contributed by atoms with Crippen molar-refractivity contribution in [2.45, 2.75) is 71.8 Å². The minimum absolute atomic E-state index is 0.188. The van der Waals surface area contributed by atoms with Crippen LogP contribution in [0.15, 0.2) is 12.1 Å². The zero-order valence-electron chi connectivity index (χ0n) is 12.5. The molecule has 0 amide bonds. The van der Waals surface area contributed by atoms with Crippen molar-refractivity contribution in [3.63, 3.8) is 0 Å². The Morgan fingerprint density at radius 1 is 1.22 bits per heavy atom. The van der Waals surface area contributed by atoms with Gasteiger partial charge in [-0.15, -0.1) is 11.3 Å². The summed E-state index contributed by atoms with van der Waals surface area (Å²) in [6.45, 7) is 11.1. The van der Waals surface area contributed by atoms with Crippen molar-refractivity contribution in [2.24, 2.45) is 5.92 Å². The Bertz CT molecular complexity index is 348. The molecule has 1 heterocycles. The van der Waals surface area contributed by atoms with E-state index in [0.717, 1.165) is 17.7 Å². The summed E-state index contributed by atoms with van der Waals surface area (Å²) in [5.41, 5.74) is 0.188.